The lowest BCUT2D eigenvalue weighted by Crippen LogP contribution is -2.48. The number of hydrogen-bond donors (Lipinski definition) is 1. The third-order valence-corrected chi connectivity index (χ3v) is 4.21. The molecule has 9 nitrogen and oxygen atoms in total. The summed E-state index contributed by atoms with van der Waals surface area (Å²) < 4.78 is 4.65. The molecule has 0 aliphatic carbocycles. The highest BCUT2D eigenvalue weighted by atomic mass is 16.5. The predicted octanol–water partition coefficient (Wildman–Crippen LogP) is 0.921. The molecular formula is C18H19N5O4. The minimum atomic E-state index is -0.408. The van der Waals surface area contributed by atoms with Gasteiger partial charge in [-0.2, -0.15) is 0 Å². The van der Waals surface area contributed by atoms with Gasteiger partial charge in [-0.3, -0.25) is 9.59 Å². The Bertz CT molecular complexity index is 815. The molecule has 2 heterocycles. The maximum absolute atomic E-state index is 12.5. The van der Waals surface area contributed by atoms with Crippen LogP contribution in [0.1, 0.15) is 20.7 Å². The van der Waals surface area contributed by atoms with Crippen LogP contribution in [0.3, 0.4) is 0 Å². The number of amides is 2. The van der Waals surface area contributed by atoms with Gasteiger partial charge in [-0.05, 0) is 24.3 Å². The summed E-state index contributed by atoms with van der Waals surface area (Å²) in [6.45, 7) is 2.03. The van der Waals surface area contributed by atoms with Gasteiger partial charge in [0.05, 0.1) is 18.2 Å². The van der Waals surface area contributed by atoms with E-state index in [-0.39, 0.29) is 5.91 Å². The van der Waals surface area contributed by atoms with Crippen molar-refractivity contribution in [2.45, 2.75) is 0 Å². The number of aromatic nitrogens is 2. The summed E-state index contributed by atoms with van der Waals surface area (Å²) in [4.78, 5) is 46.3. The first-order valence-electron chi connectivity index (χ1n) is 8.37. The lowest BCUT2D eigenvalue weighted by atomic mass is 10.2. The molecule has 1 aliphatic rings. The molecule has 0 bridgehead atoms. The number of benzene rings is 1. The van der Waals surface area contributed by atoms with Crippen LogP contribution in [0.15, 0.2) is 36.7 Å². The van der Waals surface area contributed by atoms with Crippen molar-refractivity contribution < 1.29 is 19.1 Å². The first-order valence-corrected chi connectivity index (χ1v) is 8.37. The first-order chi connectivity index (χ1) is 13.1. The fourth-order valence-electron chi connectivity index (χ4n) is 2.65. The molecule has 1 aromatic carbocycles. The summed E-state index contributed by atoms with van der Waals surface area (Å²) in [6, 6.07) is 6.68. The first kappa shape index (κ1) is 18.3. The molecule has 1 saturated heterocycles. The fourth-order valence-corrected chi connectivity index (χ4v) is 2.65. The lowest BCUT2D eigenvalue weighted by Gasteiger charge is -2.32. The fraction of sp³-hybridized carbons (Fsp3) is 0.278. The third kappa shape index (κ3) is 4.38. The Labute approximate surface area is 156 Å². The minimum absolute atomic E-state index is 0.158. The van der Waals surface area contributed by atoms with E-state index in [0.717, 1.165) is 6.41 Å². The van der Waals surface area contributed by atoms with Crippen LogP contribution in [0.25, 0.3) is 0 Å². The molecule has 2 amide bonds. The second-order valence-corrected chi connectivity index (χ2v) is 5.92. The van der Waals surface area contributed by atoms with E-state index in [0.29, 0.717) is 48.9 Å². The van der Waals surface area contributed by atoms with Crippen LogP contribution in [0, 0.1) is 0 Å². The number of rotatable bonds is 5. The van der Waals surface area contributed by atoms with Crippen LogP contribution in [0.5, 0.6) is 0 Å². The minimum Gasteiger partial charge on any atom is -0.465 e. The van der Waals surface area contributed by atoms with Crippen molar-refractivity contribution in [2.24, 2.45) is 0 Å². The molecule has 3 rings (SSSR count). The molecule has 27 heavy (non-hydrogen) atoms. The van der Waals surface area contributed by atoms with Crippen LogP contribution in [-0.2, 0) is 9.53 Å². The summed E-state index contributed by atoms with van der Waals surface area (Å²) in [7, 11) is 1.33. The van der Waals surface area contributed by atoms with Gasteiger partial charge in [-0.1, -0.05) is 0 Å². The van der Waals surface area contributed by atoms with E-state index >= 15 is 0 Å². The average molecular weight is 369 g/mol. The Morgan fingerprint density at radius 2 is 1.67 bits per heavy atom. The van der Waals surface area contributed by atoms with Crippen LogP contribution in [-0.4, -0.2) is 71.3 Å². The van der Waals surface area contributed by atoms with Crippen molar-refractivity contribution >= 4 is 29.9 Å². The molecular weight excluding hydrogens is 350 g/mol. The van der Waals surface area contributed by atoms with Gasteiger partial charge in [0.2, 0.25) is 12.4 Å². The highest BCUT2D eigenvalue weighted by molar-refractivity contribution is 5.94. The Kier molecular flexibility index (Phi) is 5.60. The number of hydrogen-bond acceptors (Lipinski definition) is 7. The summed E-state index contributed by atoms with van der Waals surface area (Å²) >= 11 is 0. The zero-order valence-corrected chi connectivity index (χ0v) is 14.8. The number of anilines is 2. The van der Waals surface area contributed by atoms with Crippen molar-refractivity contribution in [1.82, 2.24) is 19.8 Å². The molecule has 1 aromatic heterocycles. The van der Waals surface area contributed by atoms with Crippen molar-refractivity contribution in [3.8, 4) is 0 Å². The maximum atomic E-state index is 12.5. The quantitative estimate of drug-likeness (QED) is 0.617. The number of carbonyl (C=O) groups excluding carboxylic acids is 3. The van der Waals surface area contributed by atoms with Crippen molar-refractivity contribution in [2.75, 3.05) is 38.6 Å². The number of methoxy groups -OCH3 is 1. The van der Waals surface area contributed by atoms with Gasteiger partial charge in [0, 0.05) is 44.3 Å². The lowest BCUT2D eigenvalue weighted by molar-refractivity contribution is -0.119. The molecule has 0 unspecified atom stereocenters. The summed E-state index contributed by atoms with van der Waals surface area (Å²) in [5.74, 6) is -0.229. The van der Waals surface area contributed by atoms with E-state index in [1.165, 1.54) is 19.5 Å². The molecule has 0 spiro atoms. The van der Waals surface area contributed by atoms with Gasteiger partial charge in [0.1, 0.15) is 0 Å². The monoisotopic (exact) mass is 369 g/mol. The number of piperazine rings is 1. The van der Waals surface area contributed by atoms with Gasteiger partial charge >= 0.3 is 5.97 Å². The predicted molar refractivity (Wildman–Crippen MR) is 96.6 cm³/mol. The Hall–Kier alpha value is -3.49. The van der Waals surface area contributed by atoms with Gasteiger partial charge < -0.3 is 19.9 Å². The third-order valence-electron chi connectivity index (χ3n) is 4.21. The zero-order chi connectivity index (χ0) is 19.2. The number of esters is 1. The van der Waals surface area contributed by atoms with Gasteiger partial charge in [-0.25, -0.2) is 14.8 Å². The molecule has 2 aromatic rings. The number of ether oxygens (including phenoxy) is 1. The maximum Gasteiger partial charge on any atom is 0.337 e. The van der Waals surface area contributed by atoms with Crippen molar-refractivity contribution in [1.29, 1.82) is 0 Å². The van der Waals surface area contributed by atoms with E-state index in [4.69, 9.17) is 0 Å². The molecule has 0 atom stereocenters. The van der Waals surface area contributed by atoms with Crippen molar-refractivity contribution in [3.05, 3.63) is 47.8 Å². The van der Waals surface area contributed by atoms with Crippen LogP contribution < -0.4 is 5.32 Å². The van der Waals surface area contributed by atoms with Gasteiger partial charge in [0.25, 0.3) is 5.91 Å². The number of nitrogens with zero attached hydrogens (tertiary/aromatic N) is 4. The largest absolute Gasteiger partial charge is 0.465 e. The number of carbonyl (C=O) groups is 3. The van der Waals surface area contributed by atoms with Crippen LogP contribution >= 0.6 is 0 Å². The molecule has 0 radical (unpaired) electrons. The van der Waals surface area contributed by atoms with E-state index in [2.05, 4.69) is 20.0 Å². The Balaban J connectivity index is 1.61. The molecule has 0 saturated carbocycles. The Morgan fingerprint density at radius 1 is 1.04 bits per heavy atom. The number of nitrogens with one attached hydrogen (secondary N) is 1. The second-order valence-electron chi connectivity index (χ2n) is 5.92. The molecule has 1 N–H and O–H groups in total. The van der Waals surface area contributed by atoms with Crippen LogP contribution in [0.2, 0.25) is 0 Å². The van der Waals surface area contributed by atoms with E-state index < -0.39 is 5.97 Å². The van der Waals surface area contributed by atoms with E-state index in [1.807, 2.05) is 0 Å². The van der Waals surface area contributed by atoms with Gasteiger partial charge in [-0.15, -0.1) is 0 Å². The zero-order valence-electron chi connectivity index (χ0n) is 14.8. The molecule has 1 fully saturated rings. The van der Waals surface area contributed by atoms with Crippen molar-refractivity contribution in [3.63, 3.8) is 0 Å². The average Bonchev–Trinajstić information content (AvgIpc) is 2.74. The second kappa shape index (κ2) is 8.26. The summed E-state index contributed by atoms with van der Waals surface area (Å²) in [6.07, 6.45) is 3.72. The van der Waals surface area contributed by atoms with Crippen LogP contribution in [0.4, 0.5) is 11.6 Å². The standard InChI is InChI=1S/C18H19N5O4/c1-27-17(26)13-2-4-15(5-3-13)21-18-19-10-14(11-20-18)16(25)23-8-6-22(12-24)7-9-23/h2-5,10-12H,6-9H2,1H3,(H,19,20,21). The Morgan fingerprint density at radius 3 is 2.22 bits per heavy atom. The summed E-state index contributed by atoms with van der Waals surface area (Å²) in [5, 5.41) is 3.00. The van der Waals surface area contributed by atoms with Gasteiger partial charge in [0.15, 0.2) is 0 Å². The normalized spacial score (nSPS) is 13.8. The highest BCUT2D eigenvalue weighted by Gasteiger charge is 2.21. The molecule has 140 valence electrons. The SMILES string of the molecule is COC(=O)c1ccc(Nc2ncc(C(=O)N3CCN(C=O)CC3)cn2)cc1. The molecule has 9 heteroatoms. The van der Waals surface area contributed by atoms with E-state index in [1.54, 1.807) is 34.1 Å². The topological polar surface area (TPSA) is 105 Å². The summed E-state index contributed by atoms with van der Waals surface area (Å²) in [5.41, 5.74) is 1.53. The molecule has 1 aliphatic heterocycles. The highest BCUT2D eigenvalue weighted by Crippen LogP contribution is 2.15. The van der Waals surface area contributed by atoms with E-state index in [9.17, 15) is 14.4 Å². The smallest absolute Gasteiger partial charge is 0.337 e.